The highest BCUT2D eigenvalue weighted by Gasteiger charge is 2.17. The molecule has 0 amide bonds. The maximum absolute atomic E-state index is 11.5. The summed E-state index contributed by atoms with van der Waals surface area (Å²) in [5, 5.41) is -0.416. The van der Waals surface area contributed by atoms with Crippen LogP contribution < -0.4 is 4.74 Å². The molecule has 0 radical (unpaired) electrons. The van der Waals surface area contributed by atoms with Crippen LogP contribution in [0.2, 0.25) is 0 Å². The predicted molar refractivity (Wildman–Crippen MR) is 68.7 cm³/mol. The summed E-state index contributed by atoms with van der Waals surface area (Å²) in [4.78, 5) is 0. The van der Waals surface area contributed by atoms with Gasteiger partial charge in [0.05, 0.1) is 6.61 Å². The van der Waals surface area contributed by atoms with E-state index in [1.165, 1.54) is 11.4 Å². The first-order chi connectivity index (χ1) is 8.01. The minimum absolute atomic E-state index is 0.255. The molecule has 0 aliphatic carbocycles. The molecule has 0 spiro atoms. The Morgan fingerprint density at radius 3 is 2.59 bits per heavy atom. The van der Waals surface area contributed by atoms with E-state index in [4.69, 9.17) is 16.3 Å². The Labute approximate surface area is 107 Å². The van der Waals surface area contributed by atoms with Gasteiger partial charge in [-0.1, -0.05) is 18.2 Å². The van der Waals surface area contributed by atoms with E-state index in [1.807, 2.05) is 31.2 Å². The smallest absolute Gasteiger partial charge is 0.228 e. The molecule has 0 bridgehead atoms. The molecule has 0 aliphatic heterocycles. The average molecular weight is 278 g/mol. The second kappa shape index (κ2) is 6.23. The Bertz CT molecular complexity index is 462. The minimum Gasteiger partial charge on any atom is -0.494 e. The van der Waals surface area contributed by atoms with Gasteiger partial charge >= 0.3 is 0 Å². The van der Waals surface area contributed by atoms with Crippen molar-refractivity contribution < 1.29 is 13.2 Å². The Kier molecular flexibility index (Phi) is 5.24. The van der Waals surface area contributed by atoms with Crippen molar-refractivity contribution in [1.29, 1.82) is 0 Å². The number of para-hydroxylation sites is 1. The Hall–Kier alpha value is -0.780. The number of hydrogen-bond donors (Lipinski definition) is 0. The topological polar surface area (TPSA) is 46.6 Å². The van der Waals surface area contributed by atoms with Gasteiger partial charge in [-0.15, -0.1) is 11.6 Å². The fourth-order valence-electron chi connectivity index (χ4n) is 1.35. The summed E-state index contributed by atoms with van der Waals surface area (Å²) in [7, 11) is -1.88. The zero-order chi connectivity index (χ0) is 12.9. The first-order valence-electron chi connectivity index (χ1n) is 5.22. The number of halogens is 1. The van der Waals surface area contributed by atoms with Gasteiger partial charge in [-0.25, -0.2) is 8.42 Å². The highest BCUT2D eigenvalue weighted by Crippen LogP contribution is 2.20. The molecular weight excluding hydrogens is 262 g/mol. The van der Waals surface area contributed by atoms with Crippen molar-refractivity contribution in [2.24, 2.45) is 0 Å². The van der Waals surface area contributed by atoms with Crippen molar-refractivity contribution in [3.8, 4) is 5.75 Å². The van der Waals surface area contributed by atoms with Crippen molar-refractivity contribution in [3.05, 3.63) is 29.8 Å². The monoisotopic (exact) mass is 277 g/mol. The number of hydrogen-bond acceptors (Lipinski definition) is 3. The third-order valence-corrected chi connectivity index (χ3v) is 4.46. The second-order valence-corrected chi connectivity index (χ2v) is 6.18. The zero-order valence-electron chi connectivity index (χ0n) is 9.89. The maximum Gasteiger partial charge on any atom is 0.228 e. The van der Waals surface area contributed by atoms with E-state index >= 15 is 0 Å². The van der Waals surface area contributed by atoms with E-state index < -0.39 is 15.2 Å². The normalized spacial score (nSPS) is 11.8. The van der Waals surface area contributed by atoms with Crippen LogP contribution in [0.3, 0.4) is 0 Å². The first kappa shape index (κ1) is 14.3. The first-order valence-corrected chi connectivity index (χ1v) is 7.36. The van der Waals surface area contributed by atoms with Crippen LogP contribution in [-0.4, -0.2) is 31.6 Å². The lowest BCUT2D eigenvalue weighted by Gasteiger charge is -2.17. The molecule has 0 saturated carbocycles. The van der Waals surface area contributed by atoms with Crippen LogP contribution in [0.5, 0.6) is 5.75 Å². The van der Waals surface area contributed by atoms with Gasteiger partial charge in [-0.3, -0.25) is 0 Å². The molecule has 17 heavy (non-hydrogen) atoms. The molecule has 0 heterocycles. The van der Waals surface area contributed by atoms with Crippen LogP contribution in [-0.2, 0) is 16.6 Å². The van der Waals surface area contributed by atoms with Gasteiger partial charge in [0.2, 0.25) is 10.0 Å². The highest BCUT2D eigenvalue weighted by atomic mass is 35.5. The van der Waals surface area contributed by atoms with Gasteiger partial charge in [0.25, 0.3) is 0 Å². The SMILES string of the molecule is CCOc1ccccc1CN(C)S(=O)(=O)CCl. The summed E-state index contributed by atoms with van der Waals surface area (Å²) in [6.45, 7) is 2.68. The van der Waals surface area contributed by atoms with E-state index in [9.17, 15) is 8.42 Å². The second-order valence-electron chi connectivity index (χ2n) is 3.52. The lowest BCUT2D eigenvalue weighted by atomic mass is 10.2. The van der Waals surface area contributed by atoms with Crippen molar-refractivity contribution >= 4 is 21.6 Å². The molecule has 0 aromatic heterocycles. The van der Waals surface area contributed by atoms with Crippen LogP contribution >= 0.6 is 11.6 Å². The molecule has 0 saturated heterocycles. The molecule has 1 rings (SSSR count). The maximum atomic E-state index is 11.5. The number of nitrogens with zero attached hydrogens (tertiary/aromatic N) is 1. The van der Waals surface area contributed by atoms with Crippen molar-refractivity contribution in [1.82, 2.24) is 4.31 Å². The zero-order valence-corrected chi connectivity index (χ0v) is 11.5. The van der Waals surface area contributed by atoms with Gasteiger partial charge in [0, 0.05) is 19.2 Å². The van der Waals surface area contributed by atoms with Gasteiger partial charge in [0.15, 0.2) is 0 Å². The summed E-state index contributed by atoms with van der Waals surface area (Å²) in [6.07, 6.45) is 0. The van der Waals surface area contributed by atoms with E-state index in [0.29, 0.717) is 12.4 Å². The number of sulfonamides is 1. The third kappa shape index (κ3) is 3.87. The summed E-state index contributed by atoms with van der Waals surface area (Å²) in [5.74, 6) is 0.701. The highest BCUT2D eigenvalue weighted by molar-refractivity contribution is 7.90. The van der Waals surface area contributed by atoms with E-state index in [-0.39, 0.29) is 6.54 Å². The summed E-state index contributed by atoms with van der Waals surface area (Å²) in [5.41, 5.74) is 0.825. The molecule has 1 aromatic rings. The number of rotatable bonds is 6. The van der Waals surface area contributed by atoms with Gasteiger partial charge < -0.3 is 4.74 Å². The molecule has 4 nitrogen and oxygen atoms in total. The van der Waals surface area contributed by atoms with Crippen LogP contribution in [0, 0.1) is 0 Å². The average Bonchev–Trinajstić information content (AvgIpc) is 2.32. The fraction of sp³-hybridized carbons (Fsp3) is 0.455. The molecule has 96 valence electrons. The van der Waals surface area contributed by atoms with E-state index in [0.717, 1.165) is 5.56 Å². The Balaban J connectivity index is 2.88. The van der Waals surface area contributed by atoms with Crippen LogP contribution in [0.4, 0.5) is 0 Å². The number of ether oxygens (including phenoxy) is 1. The number of alkyl halides is 1. The molecule has 1 aromatic carbocycles. The van der Waals surface area contributed by atoms with Crippen molar-refractivity contribution in [2.45, 2.75) is 13.5 Å². The lowest BCUT2D eigenvalue weighted by Crippen LogP contribution is -2.27. The van der Waals surface area contributed by atoms with Gasteiger partial charge in [-0.2, -0.15) is 4.31 Å². The standard InChI is InChI=1S/C11H16ClNO3S/c1-3-16-11-7-5-4-6-10(11)8-13(2)17(14,15)9-12/h4-7H,3,8-9H2,1-2H3. The summed E-state index contributed by atoms with van der Waals surface area (Å²) >= 11 is 5.39. The minimum atomic E-state index is -3.38. The molecule has 0 fully saturated rings. The van der Waals surface area contributed by atoms with Crippen LogP contribution in [0.25, 0.3) is 0 Å². The molecule has 6 heteroatoms. The fourth-order valence-corrected chi connectivity index (χ4v) is 2.35. The van der Waals surface area contributed by atoms with Crippen LogP contribution in [0.1, 0.15) is 12.5 Å². The quantitative estimate of drug-likeness (QED) is 0.748. The predicted octanol–water partition coefficient (Wildman–Crippen LogP) is 2.04. The van der Waals surface area contributed by atoms with Gasteiger partial charge in [-0.05, 0) is 13.0 Å². The summed E-state index contributed by atoms with van der Waals surface area (Å²) < 4.78 is 29.7. The largest absolute Gasteiger partial charge is 0.494 e. The van der Waals surface area contributed by atoms with E-state index in [2.05, 4.69) is 0 Å². The molecule has 0 N–H and O–H groups in total. The van der Waals surface area contributed by atoms with E-state index in [1.54, 1.807) is 0 Å². The lowest BCUT2D eigenvalue weighted by molar-refractivity contribution is 0.332. The third-order valence-electron chi connectivity index (χ3n) is 2.28. The summed E-state index contributed by atoms with van der Waals surface area (Å²) in [6, 6.07) is 7.36. The molecule has 0 unspecified atom stereocenters. The molecule has 0 aliphatic rings. The van der Waals surface area contributed by atoms with Crippen molar-refractivity contribution in [3.63, 3.8) is 0 Å². The van der Waals surface area contributed by atoms with Crippen LogP contribution in [0.15, 0.2) is 24.3 Å². The van der Waals surface area contributed by atoms with Gasteiger partial charge in [0.1, 0.15) is 11.0 Å². The molecular formula is C11H16ClNO3S. The Morgan fingerprint density at radius 2 is 2.00 bits per heavy atom. The molecule has 0 atom stereocenters. The van der Waals surface area contributed by atoms with Crippen molar-refractivity contribution in [2.75, 3.05) is 18.9 Å². The number of benzene rings is 1. The Morgan fingerprint density at radius 1 is 1.35 bits per heavy atom.